The Kier molecular flexibility index (Phi) is 4.74. The van der Waals surface area contributed by atoms with Gasteiger partial charge >= 0.3 is 0 Å². The number of nitrogens with one attached hydrogen (secondary N) is 1. The summed E-state index contributed by atoms with van der Waals surface area (Å²) in [5.74, 6) is -0.0921. The molecule has 1 aliphatic heterocycles. The van der Waals surface area contributed by atoms with Crippen LogP contribution >= 0.6 is 0 Å². The van der Waals surface area contributed by atoms with Crippen LogP contribution < -0.4 is 5.32 Å². The van der Waals surface area contributed by atoms with Crippen molar-refractivity contribution in [2.45, 2.75) is 18.1 Å². The lowest BCUT2D eigenvalue weighted by atomic mass is 9.94. The molecule has 2 aromatic carbocycles. The molecule has 1 amide bonds. The number of amides is 1. The molecule has 2 N–H and O–H groups in total. The van der Waals surface area contributed by atoms with Gasteiger partial charge in [-0.05, 0) is 18.2 Å². The van der Waals surface area contributed by atoms with Gasteiger partial charge in [-0.1, -0.05) is 60.7 Å². The van der Waals surface area contributed by atoms with E-state index in [1.807, 2.05) is 36.4 Å². The maximum Gasteiger partial charge on any atom is 0.253 e. The van der Waals surface area contributed by atoms with Crippen molar-refractivity contribution in [1.29, 1.82) is 0 Å². The van der Waals surface area contributed by atoms with Gasteiger partial charge in [-0.3, -0.25) is 4.79 Å². The van der Waals surface area contributed by atoms with Gasteiger partial charge in [0.2, 0.25) is 0 Å². The number of carbonyl (C=O) groups is 1. The molecular weight excluding hydrogens is 288 g/mol. The second-order valence-corrected chi connectivity index (χ2v) is 6.17. The van der Waals surface area contributed by atoms with Crippen LogP contribution in [0.15, 0.2) is 60.7 Å². The summed E-state index contributed by atoms with van der Waals surface area (Å²) in [4.78, 5) is 14.6. The molecule has 0 aromatic heterocycles. The van der Waals surface area contributed by atoms with Crippen molar-refractivity contribution in [2.75, 3.05) is 20.1 Å². The van der Waals surface area contributed by atoms with Crippen LogP contribution in [0.4, 0.5) is 0 Å². The molecule has 0 aliphatic carbocycles. The SMILES string of the molecule is CN1CC(NC(=O)[C@@H](O)c2ccccc2)C(c2ccccc2)C1. The fraction of sp³-hybridized carbons (Fsp3) is 0.316. The first-order valence-electron chi connectivity index (χ1n) is 7.92. The Morgan fingerprint density at radius 2 is 1.70 bits per heavy atom. The van der Waals surface area contributed by atoms with E-state index in [0.717, 1.165) is 13.1 Å². The highest BCUT2D eigenvalue weighted by molar-refractivity contribution is 5.82. The van der Waals surface area contributed by atoms with Crippen LogP contribution in [-0.4, -0.2) is 42.1 Å². The van der Waals surface area contributed by atoms with Gasteiger partial charge in [0.1, 0.15) is 0 Å². The quantitative estimate of drug-likeness (QED) is 0.907. The Balaban J connectivity index is 1.72. The second-order valence-electron chi connectivity index (χ2n) is 6.17. The highest BCUT2D eigenvalue weighted by atomic mass is 16.3. The third-order valence-corrected chi connectivity index (χ3v) is 4.42. The average molecular weight is 310 g/mol. The molecule has 2 unspecified atom stereocenters. The molecule has 1 heterocycles. The molecule has 0 saturated carbocycles. The van der Waals surface area contributed by atoms with Gasteiger partial charge in [0.15, 0.2) is 6.10 Å². The standard InChI is InChI=1S/C19H22N2O2/c1-21-12-16(14-8-4-2-5-9-14)17(13-21)20-19(23)18(22)15-10-6-3-7-11-15/h2-11,16-18,22H,12-13H2,1H3,(H,20,23)/t16?,17?,18-/m0/s1. The van der Waals surface area contributed by atoms with E-state index in [0.29, 0.717) is 5.56 Å². The van der Waals surface area contributed by atoms with E-state index in [1.54, 1.807) is 12.1 Å². The van der Waals surface area contributed by atoms with Gasteiger partial charge < -0.3 is 15.3 Å². The summed E-state index contributed by atoms with van der Waals surface area (Å²) in [6.45, 7) is 1.68. The maximum absolute atomic E-state index is 12.4. The van der Waals surface area contributed by atoms with Crippen LogP contribution in [0.5, 0.6) is 0 Å². The Morgan fingerprint density at radius 1 is 1.09 bits per heavy atom. The molecule has 1 fully saturated rings. The van der Waals surface area contributed by atoms with Crippen LogP contribution in [0, 0.1) is 0 Å². The van der Waals surface area contributed by atoms with E-state index in [4.69, 9.17) is 0 Å². The number of likely N-dealkylation sites (N-methyl/N-ethyl adjacent to an activating group) is 1. The van der Waals surface area contributed by atoms with Gasteiger partial charge in [-0.25, -0.2) is 0 Å². The molecule has 120 valence electrons. The number of aliphatic hydroxyl groups excluding tert-OH is 1. The van der Waals surface area contributed by atoms with E-state index in [-0.39, 0.29) is 17.9 Å². The van der Waals surface area contributed by atoms with Gasteiger partial charge in [0.05, 0.1) is 0 Å². The van der Waals surface area contributed by atoms with Crippen molar-refractivity contribution in [1.82, 2.24) is 10.2 Å². The molecule has 3 rings (SSSR count). The molecule has 23 heavy (non-hydrogen) atoms. The molecule has 2 aromatic rings. The highest BCUT2D eigenvalue weighted by Crippen LogP contribution is 2.27. The minimum absolute atomic E-state index is 0.00765. The van der Waals surface area contributed by atoms with Crippen molar-refractivity contribution >= 4 is 5.91 Å². The third kappa shape index (κ3) is 3.60. The zero-order chi connectivity index (χ0) is 16.2. The van der Waals surface area contributed by atoms with Gasteiger partial charge in [-0.2, -0.15) is 0 Å². The number of nitrogens with zero attached hydrogens (tertiary/aromatic N) is 1. The van der Waals surface area contributed by atoms with E-state index in [2.05, 4.69) is 29.4 Å². The Labute approximate surface area is 136 Å². The predicted molar refractivity (Wildman–Crippen MR) is 90.0 cm³/mol. The summed E-state index contributed by atoms with van der Waals surface area (Å²) in [5, 5.41) is 13.3. The predicted octanol–water partition coefficient (Wildman–Crippen LogP) is 1.93. The molecule has 1 aliphatic rings. The van der Waals surface area contributed by atoms with E-state index in [1.165, 1.54) is 5.56 Å². The number of rotatable bonds is 4. The molecule has 0 spiro atoms. The first-order valence-corrected chi connectivity index (χ1v) is 7.92. The normalized spacial score (nSPS) is 22.7. The number of carbonyl (C=O) groups excluding carboxylic acids is 1. The minimum Gasteiger partial charge on any atom is -0.378 e. The molecule has 0 radical (unpaired) electrons. The first-order chi connectivity index (χ1) is 11.1. The topological polar surface area (TPSA) is 52.6 Å². The molecule has 1 saturated heterocycles. The number of likely N-dealkylation sites (tertiary alicyclic amines) is 1. The van der Waals surface area contributed by atoms with Gasteiger partial charge in [0, 0.05) is 25.0 Å². The zero-order valence-corrected chi connectivity index (χ0v) is 13.2. The van der Waals surface area contributed by atoms with E-state index in [9.17, 15) is 9.90 Å². The fourth-order valence-corrected chi connectivity index (χ4v) is 3.23. The van der Waals surface area contributed by atoms with Crippen molar-refractivity contribution in [3.8, 4) is 0 Å². The van der Waals surface area contributed by atoms with Crippen molar-refractivity contribution in [3.63, 3.8) is 0 Å². The molecule has 3 atom stereocenters. The molecule has 4 nitrogen and oxygen atoms in total. The molecule has 0 bridgehead atoms. The van der Waals surface area contributed by atoms with Crippen molar-refractivity contribution in [2.24, 2.45) is 0 Å². The first kappa shape index (κ1) is 15.7. The number of aliphatic hydroxyl groups is 1. The van der Waals surface area contributed by atoms with E-state index < -0.39 is 6.10 Å². The van der Waals surface area contributed by atoms with Crippen LogP contribution in [-0.2, 0) is 4.79 Å². The second kappa shape index (κ2) is 6.94. The van der Waals surface area contributed by atoms with Crippen LogP contribution in [0.25, 0.3) is 0 Å². The maximum atomic E-state index is 12.4. The Hall–Kier alpha value is -2.17. The molecule has 4 heteroatoms. The summed E-state index contributed by atoms with van der Waals surface area (Å²) in [7, 11) is 2.05. The zero-order valence-electron chi connectivity index (χ0n) is 13.2. The van der Waals surface area contributed by atoms with Crippen LogP contribution in [0.2, 0.25) is 0 Å². The lowest BCUT2D eigenvalue weighted by Crippen LogP contribution is -2.42. The molecular formula is C19H22N2O2. The lowest BCUT2D eigenvalue weighted by Gasteiger charge is -2.22. The third-order valence-electron chi connectivity index (χ3n) is 4.42. The monoisotopic (exact) mass is 310 g/mol. The summed E-state index contributed by atoms with van der Waals surface area (Å²) < 4.78 is 0. The summed E-state index contributed by atoms with van der Waals surface area (Å²) in [6, 6.07) is 19.3. The average Bonchev–Trinajstić information content (AvgIpc) is 2.96. The Bertz CT molecular complexity index is 645. The number of hydrogen-bond acceptors (Lipinski definition) is 3. The lowest BCUT2D eigenvalue weighted by molar-refractivity contribution is -0.130. The number of benzene rings is 2. The van der Waals surface area contributed by atoms with Gasteiger partial charge in [0.25, 0.3) is 5.91 Å². The smallest absolute Gasteiger partial charge is 0.253 e. The van der Waals surface area contributed by atoms with Crippen molar-refractivity contribution in [3.05, 3.63) is 71.8 Å². The van der Waals surface area contributed by atoms with Crippen molar-refractivity contribution < 1.29 is 9.90 Å². The Morgan fingerprint density at radius 3 is 2.35 bits per heavy atom. The summed E-state index contributed by atoms with van der Waals surface area (Å²) in [5.41, 5.74) is 1.84. The largest absolute Gasteiger partial charge is 0.378 e. The summed E-state index contributed by atoms with van der Waals surface area (Å²) >= 11 is 0. The summed E-state index contributed by atoms with van der Waals surface area (Å²) in [6.07, 6.45) is -1.13. The fourth-order valence-electron chi connectivity index (χ4n) is 3.23. The highest BCUT2D eigenvalue weighted by Gasteiger charge is 2.34. The van der Waals surface area contributed by atoms with Crippen LogP contribution in [0.1, 0.15) is 23.1 Å². The number of hydrogen-bond donors (Lipinski definition) is 2. The minimum atomic E-state index is -1.13. The van der Waals surface area contributed by atoms with Crippen LogP contribution in [0.3, 0.4) is 0 Å². The van der Waals surface area contributed by atoms with Gasteiger partial charge in [-0.15, -0.1) is 0 Å². The van der Waals surface area contributed by atoms with E-state index >= 15 is 0 Å².